The van der Waals surface area contributed by atoms with Crippen molar-refractivity contribution in [2.24, 2.45) is 11.8 Å². The SMILES string of the molecule is O=C1CC([C@H]2C[C@@H]3C(=O)N(Cc4ccccc4)C(=O)[C@@H]3c3ccccc32)C(=O)N1Cc1ccccc1. The molecule has 36 heavy (non-hydrogen) atoms. The standard InChI is InChI=1S/C30H26N2O4/c33-26-16-24(28(34)31(26)17-19-9-3-1-4-10-19)23-15-25-27(22-14-8-7-13-21(22)23)30(36)32(29(25)35)18-20-11-5-2-6-12-20/h1-14,23-25,27H,15-18H2/t23-,24?,25-,27+/m0/s1. The van der Waals surface area contributed by atoms with Gasteiger partial charge in [0, 0.05) is 6.42 Å². The Morgan fingerprint density at radius 2 is 1.08 bits per heavy atom. The molecule has 3 aromatic rings. The predicted octanol–water partition coefficient (Wildman–Crippen LogP) is 4.02. The molecule has 2 aliphatic heterocycles. The van der Waals surface area contributed by atoms with Gasteiger partial charge in [-0.25, -0.2) is 0 Å². The summed E-state index contributed by atoms with van der Waals surface area (Å²) >= 11 is 0. The van der Waals surface area contributed by atoms with Crippen molar-refractivity contribution in [1.29, 1.82) is 0 Å². The highest BCUT2D eigenvalue weighted by Crippen LogP contribution is 2.52. The van der Waals surface area contributed by atoms with E-state index in [-0.39, 0.29) is 49.1 Å². The molecule has 0 saturated carbocycles. The summed E-state index contributed by atoms with van der Waals surface area (Å²) < 4.78 is 0. The maximum Gasteiger partial charge on any atom is 0.237 e. The van der Waals surface area contributed by atoms with Gasteiger partial charge >= 0.3 is 0 Å². The van der Waals surface area contributed by atoms with E-state index in [2.05, 4.69) is 0 Å². The van der Waals surface area contributed by atoms with Crippen molar-refractivity contribution in [3.63, 3.8) is 0 Å². The summed E-state index contributed by atoms with van der Waals surface area (Å²) in [6.07, 6.45) is 0.512. The average molecular weight is 479 g/mol. The number of benzene rings is 3. The van der Waals surface area contributed by atoms with E-state index in [1.165, 1.54) is 9.80 Å². The van der Waals surface area contributed by atoms with Crippen molar-refractivity contribution in [2.75, 3.05) is 0 Å². The summed E-state index contributed by atoms with van der Waals surface area (Å²) in [5, 5.41) is 0. The highest BCUT2D eigenvalue weighted by Gasteiger charge is 2.55. The minimum atomic E-state index is -0.540. The zero-order valence-electron chi connectivity index (χ0n) is 19.7. The maximum absolute atomic E-state index is 13.5. The van der Waals surface area contributed by atoms with Gasteiger partial charge in [-0.05, 0) is 34.6 Å². The van der Waals surface area contributed by atoms with Crippen LogP contribution >= 0.6 is 0 Å². The molecule has 2 fully saturated rings. The predicted molar refractivity (Wildman–Crippen MR) is 132 cm³/mol. The van der Waals surface area contributed by atoms with Gasteiger partial charge < -0.3 is 0 Å². The molecule has 3 aliphatic rings. The number of carbonyl (C=O) groups is 4. The molecule has 4 amide bonds. The fourth-order valence-corrected chi connectivity index (χ4v) is 6.17. The highest BCUT2D eigenvalue weighted by atomic mass is 16.2. The summed E-state index contributed by atoms with van der Waals surface area (Å²) in [4.78, 5) is 56.2. The van der Waals surface area contributed by atoms with Crippen LogP contribution in [0.15, 0.2) is 84.9 Å². The Labute approximate surface area is 209 Å². The summed E-state index contributed by atoms with van der Waals surface area (Å²) in [5.41, 5.74) is 3.52. The first-order valence-electron chi connectivity index (χ1n) is 12.4. The molecule has 6 heteroatoms. The Bertz CT molecular complexity index is 1350. The van der Waals surface area contributed by atoms with Crippen molar-refractivity contribution in [3.05, 3.63) is 107 Å². The Morgan fingerprint density at radius 3 is 1.72 bits per heavy atom. The molecule has 0 aromatic heterocycles. The third-order valence-corrected chi connectivity index (χ3v) is 7.89. The monoisotopic (exact) mass is 478 g/mol. The Balaban J connectivity index is 1.30. The van der Waals surface area contributed by atoms with Crippen LogP contribution < -0.4 is 0 Å². The van der Waals surface area contributed by atoms with Gasteiger partial charge in [0.25, 0.3) is 0 Å². The number of hydrogen-bond donors (Lipinski definition) is 0. The largest absolute Gasteiger partial charge is 0.278 e. The zero-order valence-corrected chi connectivity index (χ0v) is 19.7. The third-order valence-electron chi connectivity index (χ3n) is 7.89. The van der Waals surface area contributed by atoms with Crippen LogP contribution in [0, 0.1) is 11.8 Å². The van der Waals surface area contributed by atoms with Crippen LogP contribution in [0.3, 0.4) is 0 Å². The van der Waals surface area contributed by atoms with Crippen molar-refractivity contribution < 1.29 is 19.2 Å². The van der Waals surface area contributed by atoms with E-state index in [1.807, 2.05) is 84.9 Å². The quantitative estimate of drug-likeness (QED) is 0.519. The van der Waals surface area contributed by atoms with Crippen LogP contribution in [0.25, 0.3) is 0 Å². The number of amides is 4. The smallest absolute Gasteiger partial charge is 0.237 e. The lowest BCUT2D eigenvalue weighted by molar-refractivity contribution is -0.142. The van der Waals surface area contributed by atoms with Gasteiger partial charge in [-0.2, -0.15) is 0 Å². The van der Waals surface area contributed by atoms with Crippen molar-refractivity contribution >= 4 is 23.6 Å². The topological polar surface area (TPSA) is 74.8 Å². The first-order chi connectivity index (χ1) is 17.5. The number of likely N-dealkylation sites (tertiary alicyclic amines) is 2. The summed E-state index contributed by atoms with van der Waals surface area (Å²) in [6, 6.07) is 26.6. The van der Waals surface area contributed by atoms with Gasteiger partial charge in [0.2, 0.25) is 23.6 Å². The molecule has 6 rings (SSSR count). The van der Waals surface area contributed by atoms with Gasteiger partial charge in [-0.1, -0.05) is 84.9 Å². The molecular weight excluding hydrogens is 452 g/mol. The van der Waals surface area contributed by atoms with Crippen LogP contribution in [0.5, 0.6) is 0 Å². The first kappa shape index (κ1) is 22.4. The van der Waals surface area contributed by atoms with Crippen LogP contribution in [0.2, 0.25) is 0 Å². The van der Waals surface area contributed by atoms with Gasteiger partial charge in [-0.3, -0.25) is 29.0 Å². The molecule has 0 N–H and O–H groups in total. The maximum atomic E-state index is 13.5. The van der Waals surface area contributed by atoms with E-state index in [0.717, 1.165) is 22.3 Å². The molecule has 180 valence electrons. The minimum absolute atomic E-state index is 0.123. The normalized spacial score (nSPS) is 25.3. The Hall–Kier alpha value is -4.06. The number of rotatable bonds is 5. The summed E-state index contributed by atoms with van der Waals surface area (Å²) in [7, 11) is 0. The lowest BCUT2D eigenvalue weighted by Gasteiger charge is -2.34. The van der Waals surface area contributed by atoms with Gasteiger partial charge in [-0.15, -0.1) is 0 Å². The summed E-state index contributed by atoms with van der Waals surface area (Å²) in [6.45, 7) is 0.488. The number of carbonyl (C=O) groups excluding carboxylic acids is 4. The Morgan fingerprint density at radius 1 is 0.556 bits per heavy atom. The summed E-state index contributed by atoms with van der Waals surface area (Å²) in [5.74, 6) is -2.63. The van der Waals surface area contributed by atoms with E-state index in [1.54, 1.807) is 0 Å². The number of fused-ring (bicyclic) bond motifs is 3. The molecule has 3 aromatic carbocycles. The minimum Gasteiger partial charge on any atom is -0.278 e. The van der Waals surface area contributed by atoms with Crippen molar-refractivity contribution in [3.8, 4) is 0 Å². The zero-order chi connectivity index (χ0) is 24.8. The van der Waals surface area contributed by atoms with Crippen LogP contribution in [0.4, 0.5) is 0 Å². The number of imide groups is 2. The molecule has 1 unspecified atom stereocenters. The van der Waals surface area contributed by atoms with Gasteiger partial charge in [0.15, 0.2) is 0 Å². The molecule has 1 aliphatic carbocycles. The second-order valence-electron chi connectivity index (χ2n) is 9.92. The molecule has 4 atom stereocenters. The molecule has 2 heterocycles. The van der Waals surface area contributed by atoms with Crippen LogP contribution in [-0.2, 0) is 32.3 Å². The van der Waals surface area contributed by atoms with Crippen molar-refractivity contribution in [2.45, 2.75) is 37.8 Å². The van der Waals surface area contributed by atoms with E-state index in [4.69, 9.17) is 0 Å². The lowest BCUT2D eigenvalue weighted by Crippen LogP contribution is -2.34. The molecule has 0 radical (unpaired) electrons. The van der Waals surface area contributed by atoms with Crippen LogP contribution in [-0.4, -0.2) is 33.4 Å². The molecule has 0 spiro atoms. The fraction of sp³-hybridized carbons (Fsp3) is 0.267. The third kappa shape index (κ3) is 3.65. The second-order valence-corrected chi connectivity index (χ2v) is 9.92. The van der Waals surface area contributed by atoms with Crippen molar-refractivity contribution in [1.82, 2.24) is 9.80 Å². The van der Waals surface area contributed by atoms with Gasteiger partial charge in [0.1, 0.15) is 0 Å². The van der Waals surface area contributed by atoms with E-state index in [9.17, 15) is 19.2 Å². The molecule has 6 nitrogen and oxygen atoms in total. The molecule has 2 saturated heterocycles. The van der Waals surface area contributed by atoms with Crippen LogP contribution in [0.1, 0.15) is 46.9 Å². The highest BCUT2D eigenvalue weighted by molar-refractivity contribution is 6.09. The Kier molecular flexibility index (Phi) is 5.52. The first-order valence-corrected chi connectivity index (χ1v) is 12.4. The second kappa shape index (κ2) is 8.86. The molecular formula is C30H26N2O4. The number of hydrogen-bond acceptors (Lipinski definition) is 4. The fourth-order valence-electron chi connectivity index (χ4n) is 6.17. The lowest BCUT2D eigenvalue weighted by atomic mass is 9.67. The molecule has 0 bridgehead atoms. The van der Waals surface area contributed by atoms with Gasteiger partial charge in [0.05, 0.1) is 30.8 Å². The van der Waals surface area contributed by atoms with E-state index < -0.39 is 17.8 Å². The van der Waals surface area contributed by atoms with E-state index in [0.29, 0.717) is 6.42 Å². The average Bonchev–Trinajstić information content (AvgIpc) is 3.32. The van der Waals surface area contributed by atoms with E-state index >= 15 is 0 Å². The number of nitrogens with zero attached hydrogens (tertiary/aromatic N) is 2.